The molecule has 0 bridgehead atoms. The Hall–Kier alpha value is -0.970. The Labute approximate surface area is 125 Å². The van der Waals surface area contributed by atoms with Crippen molar-refractivity contribution in [3.63, 3.8) is 0 Å². The van der Waals surface area contributed by atoms with Gasteiger partial charge in [0.1, 0.15) is 0 Å². The van der Waals surface area contributed by atoms with Crippen LogP contribution in [-0.2, 0) is 6.54 Å². The first-order chi connectivity index (χ1) is 9.69. The number of rotatable bonds is 5. The van der Waals surface area contributed by atoms with Gasteiger partial charge in [-0.2, -0.15) is 0 Å². The molecule has 1 atom stereocenters. The molecule has 5 heteroatoms. The highest BCUT2D eigenvalue weighted by Gasteiger charge is 2.23. The van der Waals surface area contributed by atoms with Crippen molar-refractivity contribution in [2.45, 2.75) is 31.8 Å². The van der Waals surface area contributed by atoms with E-state index in [1.54, 1.807) is 20.3 Å². The molecule has 0 amide bonds. The van der Waals surface area contributed by atoms with Crippen LogP contribution in [0.1, 0.15) is 24.8 Å². The van der Waals surface area contributed by atoms with Crippen molar-refractivity contribution in [2.75, 3.05) is 27.4 Å². The lowest BCUT2D eigenvalue weighted by Gasteiger charge is -2.34. The number of hydrogen-bond donors (Lipinski definition) is 1. The summed E-state index contributed by atoms with van der Waals surface area (Å²) in [6, 6.07) is 3.94. The van der Waals surface area contributed by atoms with Crippen molar-refractivity contribution >= 4 is 11.6 Å². The lowest BCUT2D eigenvalue weighted by molar-refractivity contribution is 0.0841. The topological polar surface area (TPSA) is 41.9 Å². The fraction of sp³-hybridized carbons (Fsp3) is 0.600. The third kappa shape index (κ3) is 3.37. The maximum Gasteiger partial charge on any atom is 0.162 e. The molecule has 1 fully saturated rings. The maximum absolute atomic E-state index is 9.47. The molecule has 1 aromatic rings. The zero-order valence-electron chi connectivity index (χ0n) is 12.1. The van der Waals surface area contributed by atoms with Crippen LogP contribution in [0.4, 0.5) is 0 Å². The van der Waals surface area contributed by atoms with Gasteiger partial charge in [-0.05, 0) is 31.0 Å². The minimum absolute atomic E-state index is 0.199. The number of methoxy groups -OCH3 is 2. The fourth-order valence-electron chi connectivity index (χ4n) is 2.71. The normalized spacial score (nSPS) is 19.9. The fourth-order valence-corrected chi connectivity index (χ4v) is 2.92. The van der Waals surface area contributed by atoms with Crippen LogP contribution in [0.5, 0.6) is 11.5 Å². The molecule has 0 saturated carbocycles. The van der Waals surface area contributed by atoms with Crippen LogP contribution in [0.15, 0.2) is 12.1 Å². The molecule has 2 rings (SSSR count). The highest BCUT2D eigenvalue weighted by molar-refractivity contribution is 6.31. The smallest absolute Gasteiger partial charge is 0.162 e. The highest BCUT2D eigenvalue weighted by Crippen LogP contribution is 2.34. The third-order valence-corrected chi connectivity index (χ3v) is 4.24. The van der Waals surface area contributed by atoms with Crippen LogP contribution in [0.3, 0.4) is 0 Å². The van der Waals surface area contributed by atoms with Gasteiger partial charge in [0, 0.05) is 23.7 Å². The van der Waals surface area contributed by atoms with Gasteiger partial charge in [-0.1, -0.05) is 18.0 Å². The monoisotopic (exact) mass is 299 g/mol. The molecule has 1 heterocycles. The minimum Gasteiger partial charge on any atom is -0.493 e. The summed E-state index contributed by atoms with van der Waals surface area (Å²) < 4.78 is 10.6. The van der Waals surface area contributed by atoms with Crippen LogP contribution in [0.2, 0.25) is 5.02 Å². The standard InChI is InChI=1S/C15H22ClNO3/c1-19-14-7-11(13(16)8-15(14)20-2)9-17-6-4-3-5-12(17)10-18/h7-8,12,18H,3-6,9-10H2,1-2H3/t12-/m0/s1. The zero-order chi connectivity index (χ0) is 14.5. The van der Waals surface area contributed by atoms with Gasteiger partial charge < -0.3 is 14.6 Å². The Morgan fingerprint density at radius 3 is 2.60 bits per heavy atom. The summed E-state index contributed by atoms with van der Waals surface area (Å²) in [4.78, 5) is 2.29. The molecule has 0 unspecified atom stereocenters. The largest absolute Gasteiger partial charge is 0.493 e. The molecule has 1 aliphatic heterocycles. The molecular formula is C15H22ClNO3. The number of hydrogen-bond acceptors (Lipinski definition) is 4. The van der Waals surface area contributed by atoms with Crippen LogP contribution in [0, 0.1) is 0 Å². The summed E-state index contributed by atoms with van der Waals surface area (Å²) in [5, 5.41) is 10.1. The number of nitrogens with zero attached hydrogens (tertiary/aromatic N) is 1. The number of likely N-dealkylation sites (tertiary alicyclic amines) is 1. The molecule has 0 aliphatic carbocycles. The van der Waals surface area contributed by atoms with Gasteiger partial charge in [-0.25, -0.2) is 0 Å². The Morgan fingerprint density at radius 2 is 1.95 bits per heavy atom. The molecule has 1 N–H and O–H groups in total. The van der Waals surface area contributed by atoms with Crippen LogP contribution in [-0.4, -0.2) is 43.4 Å². The lowest BCUT2D eigenvalue weighted by Crippen LogP contribution is -2.41. The molecule has 20 heavy (non-hydrogen) atoms. The van der Waals surface area contributed by atoms with Crippen molar-refractivity contribution < 1.29 is 14.6 Å². The summed E-state index contributed by atoms with van der Waals surface area (Å²) in [6.07, 6.45) is 3.39. The van der Waals surface area contributed by atoms with E-state index < -0.39 is 0 Å². The summed E-state index contributed by atoms with van der Waals surface area (Å²) >= 11 is 6.32. The second-order valence-electron chi connectivity index (χ2n) is 5.10. The van der Waals surface area contributed by atoms with Gasteiger partial charge in [0.2, 0.25) is 0 Å². The average Bonchev–Trinajstić information content (AvgIpc) is 2.49. The van der Waals surface area contributed by atoms with Crippen molar-refractivity contribution in [3.8, 4) is 11.5 Å². The summed E-state index contributed by atoms with van der Waals surface area (Å²) in [5.41, 5.74) is 1.00. The quantitative estimate of drug-likeness (QED) is 0.908. The van der Waals surface area contributed by atoms with E-state index in [1.165, 1.54) is 12.8 Å². The van der Waals surface area contributed by atoms with Crippen LogP contribution in [0.25, 0.3) is 0 Å². The Bertz CT molecular complexity index is 453. The Balaban J connectivity index is 2.19. The van der Waals surface area contributed by atoms with E-state index in [1.807, 2.05) is 6.07 Å². The number of ether oxygens (including phenoxy) is 2. The third-order valence-electron chi connectivity index (χ3n) is 3.89. The van der Waals surface area contributed by atoms with Gasteiger partial charge in [0.25, 0.3) is 0 Å². The highest BCUT2D eigenvalue weighted by atomic mass is 35.5. The summed E-state index contributed by atoms with van der Waals surface area (Å²) in [5.74, 6) is 1.32. The number of aliphatic hydroxyl groups excluding tert-OH is 1. The first kappa shape index (κ1) is 15.4. The van der Waals surface area contributed by atoms with E-state index in [-0.39, 0.29) is 12.6 Å². The average molecular weight is 300 g/mol. The zero-order valence-corrected chi connectivity index (χ0v) is 12.8. The van der Waals surface area contributed by atoms with Crippen molar-refractivity contribution in [3.05, 3.63) is 22.7 Å². The number of piperidine rings is 1. The summed E-state index contributed by atoms with van der Waals surface area (Å²) in [6.45, 7) is 1.92. The SMILES string of the molecule is COc1cc(Cl)c(CN2CCCC[C@H]2CO)cc1OC. The van der Waals surface area contributed by atoms with Gasteiger partial charge in [-0.15, -0.1) is 0 Å². The van der Waals surface area contributed by atoms with Crippen molar-refractivity contribution in [1.82, 2.24) is 4.90 Å². The number of benzene rings is 1. The Morgan fingerprint density at radius 1 is 1.25 bits per heavy atom. The summed E-state index contributed by atoms with van der Waals surface area (Å²) in [7, 11) is 3.22. The minimum atomic E-state index is 0.199. The molecule has 4 nitrogen and oxygen atoms in total. The molecular weight excluding hydrogens is 278 g/mol. The van der Waals surface area contributed by atoms with Gasteiger partial charge in [-0.3, -0.25) is 4.90 Å². The van der Waals surface area contributed by atoms with Gasteiger partial charge in [0.05, 0.1) is 20.8 Å². The first-order valence-electron chi connectivity index (χ1n) is 6.95. The van der Waals surface area contributed by atoms with E-state index in [0.29, 0.717) is 16.5 Å². The Kier molecular flexibility index (Phi) is 5.52. The molecule has 0 radical (unpaired) electrons. The molecule has 0 aromatic heterocycles. The molecule has 1 aliphatic rings. The second kappa shape index (κ2) is 7.16. The van der Waals surface area contributed by atoms with Crippen molar-refractivity contribution in [1.29, 1.82) is 0 Å². The van der Waals surface area contributed by atoms with E-state index in [9.17, 15) is 5.11 Å². The number of aliphatic hydroxyl groups is 1. The molecule has 112 valence electrons. The second-order valence-corrected chi connectivity index (χ2v) is 5.51. The van der Waals surface area contributed by atoms with E-state index in [4.69, 9.17) is 21.1 Å². The molecule has 0 spiro atoms. The lowest BCUT2D eigenvalue weighted by atomic mass is 10.0. The predicted molar refractivity (Wildman–Crippen MR) is 79.7 cm³/mol. The van der Waals surface area contributed by atoms with Crippen molar-refractivity contribution in [2.24, 2.45) is 0 Å². The van der Waals surface area contributed by atoms with Crippen LogP contribution >= 0.6 is 11.6 Å². The number of halogens is 1. The first-order valence-corrected chi connectivity index (χ1v) is 7.32. The van der Waals surface area contributed by atoms with Crippen LogP contribution < -0.4 is 9.47 Å². The van der Waals surface area contributed by atoms with E-state index in [2.05, 4.69) is 4.90 Å². The van der Waals surface area contributed by atoms with Gasteiger partial charge >= 0.3 is 0 Å². The van der Waals surface area contributed by atoms with E-state index in [0.717, 1.165) is 25.1 Å². The predicted octanol–water partition coefficient (Wildman–Crippen LogP) is 2.70. The molecule has 1 aromatic carbocycles. The van der Waals surface area contributed by atoms with Gasteiger partial charge in [0.15, 0.2) is 11.5 Å². The maximum atomic E-state index is 9.47. The molecule has 1 saturated heterocycles. The van der Waals surface area contributed by atoms with E-state index >= 15 is 0 Å².